The maximum atomic E-state index is 13.1. The average Bonchev–Trinajstić information content (AvgIpc) is 2.23. The Morgan fingerprint density at radius 3 is 2.78 bits per heavy atom. The molecule has 0 aliphatic carbocycles. The molecular formula is C11H9BrClFN2O2. The van der Waals surface area contributed by atoms with Crippen LogP contribution >= 0.6 is 27.5 Å². The highest BCUT2D eigenvalue weighted by Gasteiger charge is 2.32. The third-order valence-electron chi connectivity index (χ3n) is 2.57. The van der Waals surface area contributed by atoms with Gasteiger partial charge in [-0.05, 0) is 35.0 Å². The summed E-state index contributed by atoms with van der Waals surface area (Å²) in [6.07, 6.45) is 0. The van der Waals surface area contributed by atoms with Gasteiger partial charge in [-0.3, -0.25) is 14.5 Å². The minimum absolute atomic E-state index is 0.0807. The molecule has 1 aliphatic rings. The van der Waals surface area contributed by atoms with Gasteiger partial charge in [-0.2, -0.15) is 0 Å². The number of piperazine rings is 1. The summed E-state index contributed by atoms with van der Waals surface area (Å²) in [5, 5.41) is 2.60. The molecule has 2 amide bonds. The highest BCUT2D eigenvalue weighted by atomic mass is 79.9. The highest BCUT2D eigenvalue weighted by molar-refractivity contribution is 9.10. The van der Waals surface area contributed by atoms with Gasteiger partial charge >= 0.3 is 0 Å². The zero-order chi connectivity index (χ0) is 13.4. The molecule has 1 atom stereocenters. The van der Waals surface area contributed by atoms with E-state index < -0.39 is 11.9 Å². The topological polar surface area (TPSA) is 49.4 Å². The maximum Gasteiger partial charge on any atom is 0.249 e. The number of hydrogen-bond donors (Lipinski definition) is 1. The van der Waals surface area contributed by atoms with Gasteiger partial charge in [0.15, 0.2) is 0 Å². The van der Waals surface area contributed by atoms with Crippen molar-refractivity contribution in [3.8, 4) is 0 Å². The highest BCUT2D eigenvalue weighted by Crippen LogP contribution is 2.35. The van der Waals surface area contributed by atoms with Crippen molar-refractivity contribution in [1.82, 2.24) is 5.32 Å². The summed E-state index contributed by atoms with van der Waals surface area (Å²) in [6, 6.07) is 1.68. The third kappa shape index (κ3) is 2.35. The second kappa shape index (κ2) is 4.85. The first kappa shape index (κ1) is 13.3. The van der Waals surface area contributed by atoms with E-state index in [-0.39, 0.29) is 23.4 Å². The fourth-order valence-electron chi connectivity index (χ4n) is 1.79. The van der Waals surface area contributed by atoms with Gasteiger partial charge < -0.3 is 5.32 Å². The Bertz CT molecular complexity index is 515. The van der Waals surface area contributed by atoms with E-state index in [0.29, 0.717) is 10.2 Å². The Balaban J connectivity index is 2.48. The van der Waals surface area contributed by atoms with Gasteiger partial charge in [0.1, 0.15) is 18.4 Å². The molecule has 1 N–H and O–H groups in total. The quantitative estimate of drug-likeness (QED) is 0.854. The number of rotatable bonds is 1. The van der Waals surface area contributed by atoms with Crippen molar-refractivity contribution in [2.75, 3.05) is 11.4 Å². The zero-order valence-electron chi connectivity index (χ0n) is 9.34. The van der Waals surface area contributed by atoms with Crippen molar-refractivity contribution >= 4 is 45.0 Å². The second-order valence-electron chi connectivity index (χ2n) is 3.93. The van der Waals surface area contributed by atoms with E-state index in [9.17, 15) is 14.0 Å². The molecule has 1 aromatic rings. The predicted octanol–water partition coefficient (Wildman–Crippen LogP) is 2.09. The van der Waals surface area contributed by atoms with Crippen LogP contribution in [0.3, 0.4) is 0 Å². The molecule has 2 rings (SSSR count). The van der Waals surface area contributed by atoms with E-state index in [1.165, 1.54) is 11.0 Å². The van der Waals surface area contributed by atoms with Crippen LogP contribution in [-0.4, -0.2) is 24.4 Å². The number of benzene rings is 1. The number of carbonyl (C=O) groups is 2. The van der Waals surface area contributed by atoms with E-state index in [2.05, 4.69) is 21.2 Å². The molecule has 0 spiro atoms. The number of carbonyl (C=O) groups excluding carboxylic acids is 2. The average molecular weight is 336 g/mol. The van der Waals surface area contributed by atoms with Crippen molar-refractivity contribution in [3.05, 3.63) is 27.4 Å². The smallest absolute Gasteiger partial charge is 0.249 e. The molecule has 0 bridgehead atoms. The molecule has 1 aliphatic heterocycles. The first-order valence-corrected chi connectivity index (χ1v) is 6.32. The van der Waals surface area contributed by atoms with Crippen LogP contribution in [-0.2, 0) is 9.59 Å². The Morgan fingerprint density at radius 1 is 1.50 bits per heavy atom. The number of nitrogens with zero attached hydrogens (tertiary/aromatic N) is 1. The van der Waals surface area contributed by atoms with Crippen LogP contribution in [0.25, 0.3) is 0 Å². The summed E-state index contributed by atoms with van der Waals surface area (Å²) >= 11 is 9.08. The summed E-state index contributed by atoms with van der Waals surface area (Å²) in [5.74, 6) is -1.09. The van der Waals surface area contributed by atoms with Crippen LogP contribution in [0, 0.1) is 5.82 Å². The monoisotopic (exact) mass is 334 g/mol. The van der Waals surface area contributed by atoms with Gasteiger partial charge in [0, 0.05) is 4.47 Å². The molecule has 1 unspecified atom stereocenters. The molecule has 1 fully saturated rings. The summed E-state index contributed by atoms with van der Waals surface area (Å²) in [6.45, 7) is 1.45. The first-order valence-electron chi connectivity index (χ1n) is 5.15. The summed E-state index contributed by atoms with van der Waals surface area (Å²) in [5.41, 5.74) is 0.310. The Kier molecular flexibility index (Phi) is 3.59. The molecule has 0 aromatic heterocycles. The minimum atomic E-state index is -0.626. The molecule has 1 aromatic carbocycles. The number of halogens is 3. The van der Waals surface area contributed by atoms with Crippen molar-refractivity contribution in [3.63, 3.8) is 0 Å². The molecule has 0 radical (unpaired) electrons. The van der Waals surface area contributed by atoms with Crippen molar-refractivity contribution in [1.29, 1.82) is 0 Å². The lowest BCUT2D eigenvalue weighted by Gasteiger charge is -2.31. The summed E-state index contributed by atoms with van der Waals surface area (Å²) < 4.78 is 13.5. The van der Waals surface area contributed by atoms with Crippen LogP contribution in [0.5, 0.6) is 0 Å². The maximum absolute atomic E-state index is 13.1. The Hall–Kier alpha value is -1.14. The number of amides is 2. The van der Waals surface area contributed by atoms with Gasteiger partial charge in [-0.15, -0.1) is 0 Å². The van der Waals surface area contributed by atoms with Crippen molar-refractivity contribution < 1.29 is 14.0 Å². The number of nitrogens with one attached hydrogen (secondary N) is 1. The molecule has 1 saturated heterocycles. The van der Waals surface area contributed by atoms with Gasteiger partial charge in [0.2, 0.25) is 11.8 Å². The third-order valence-corrected chi connectivity index (χ3v) is 3.46. The Labute approximate surface area is 116 Å². The lowest BCUT2D eigenvalue weighted by atomic mass is 10.2. The standard InChI is InChI=1S/C11H9BrClFN2O2/c1-5-11(18)16(4-9(17)15-5)10-7(12)2-6(14)3-8(10)13/h2-3,5H,4H2,1H3,(H,15,17). The molecule has 0 saturated carbocycles. The fourth-order valence-corrected chi connectivity index (χ4v) is 2.85. The molecular weight excluding hydrogens is 326 g/mol. The van der Waals surface area contributed by atoms with E-state index in [1.807, 2.05) is 0 Å². The van der Waals surface area contributed by atoms with E-state index in [4.69, 9.17) is 11.6 Å². The molecule has 96 valence electrons. The largest absolute Gasteiger partial charge is 0.343 e. The van der Waals surface area contributed by atoms with E-state index in [1.54, 1.807) is 6.92 Å². The number of anilines is 1. The van der Waals surface area contributed by atoms with Crippen LogP contribution in [0.15, 0.2) is 16.6 Å². The van der Waals surface area contributed by atoms with E-state index in [0.717, 1.165) is 6.07 Å². The minimum Gasteiger partial charge on any atom is -0.343 e. The van der Waals surface area contributed by atoms with Crippen LogP contribution < -0.4 is 10.2 Å². The second-order valence-corrected chi connectivity index (χ2v) is 5.19. The zero-order valence-corrected chi connectivity index (χ0v) is 11.7. The number of hydrogen-bond acceptors (Lipinski definition) is 2. The van der Waals surface area contributed by atoms with Crippen LogP contribution in [0.2, 0.25) is 5.02 Å². The van der Waals surface area contributed by atoms with Crippen molar-refractivity contribution in [2.45, 2.75) is 13.0 Å². The summed E-state index contributed by atoms with van der Waals surface area (Å²) in [4.78, 5) is 24.7. The van der Waals surface area contributed by atoms with Gasteiger partial charge in [-0.1, -0.05) is 11.6 Å². The molecule has 7 heteroatoms. The predicted molar refractivity (Wildman–Crippen MR) is 69.1 cm³/mol. The summed E-state index contributed by atoms with van der Waals surface area (Å²) in [7, 11) is 0. The van der Waals surface area contributed by atoms with Gasteiger partial charge in [0.25, 0.3) is 0 Å². The van der Waals surface area contributed by atoms with Gasteiger partial charge in [0.05, 0.1) is 10.7 Å². The fraction of sp³-hybridized carbons (Fsp3) is 0.273. The lowest BCUT2D eigenvalue weighted by molar-refractivity contribution is -0.130. The van der Waals surface area contributed by atoms with Crippen LogP contribution in [0.4, 0.5) is 10.1 Å². The SMILES string of the molecule is CC1NC(=O)CN(c2c(Cl)cc(F)cc2Br)C1=O. The Morgan fingerprint density at radius 2 is 2.17 bits per heavy atom. The van der Waals surface area contributed by atoms with E-state index >= 15 is 0 Å². The normalized spacial score (nSPS) is 20.0. The lowest BCUT2D eigenvalue weighted by Crippen LogP contribution is -2.57. The first-order chi connectivity index (χ1) is 8.40. The van der Waals surface area contributed by atoms with Gasteiger partial charge in [-0.25, -0.2) is 4.39 Å². The molecule has 4 nitrogen and oxygen atoms in total. The molecule has 1 heterocycles. The van der Waals surface area contributed by atoms with Crippen LogP contribution in [0.1, 0.15) is 6.92 Å². The van der Waals surface area contributed by atoms with Crippen molar-refractivity contribution in [2.24, 2.45) is 0 Å². The molecule has 18 heavy (non-hydrogen) atoms.